The van der Waals surface area contributed by atoms with E-state index in [4.69, 9.17) is 20.8 Å². The number of amides is 1. The summed E-state index contributed by atoms with van der Waals surface area (Å²) in [7, 11) is 1.54. The second-order valence-corrected chi connectivity index (χ2v) is 8.73. The van der Waals surface area contributed by atoms with Crippen molar-refractivity contribution in [3.63, 3.8) is 0 Å². The monoisotopic (exact) mass is 484 g/mol. The van der Waals surface area contributed by atoms with Crippen molar-refractivity contribution in [3.8, 4) is 0 Å². The first kappa shape index (κ1) is 23.8. The van der Waals surface area contributed by atoms with Crippen molar-refractivity contribution < 1.29 is 23.5 Å². The molecule has 1 amide bonds. The Morgan fingerprint density at radius 2 is 1.85 bits per heavy atom. The third-order valence-corrected chi connectivity index (χ3v) is 6.72. The number of likely N-dealkylation sites (N-methyl/N-ethyl adjacent to an activating group) is 1. The predicted molar refractivity (Wildman–Crippen MR) is 125 cm³/mol. The van der Waals surface area contributed by atoms with E-state index in [0.717, 1.165) is 12.8 Å². The number of carbonyl (C=O) groups is 3. The van der Waals surface area contributed by atoms with Crippen LogP contribution in [0, 0.1) is 0 Å². The van der Waals surface area contributed by atoms with Gasteiger partial charge in [-0.25, -0.2) is 4.79 Å². The number of hydrogen-bond donors (Lipinski definition) is 0. The zero-order chi connectivity index (χ0) is 24.3. The van der Waals surface area contributed by atoms with Crippen molar-refractivity contribution in [2.24, 2.45) is 0 Å². The summed E-state index contributed by atoms with van der Waals surface area (Å²) < 4.78 is 11.7. The van der Waals surface area contributed by atoms with Gasteiger partial charge in [0.1, 0.15) is 5.54 Å². The van der Waals surface area contributed by atoms with E-state index in [1.165, 1.54) is 9.47 Å². The van der Waals surface area contributed by atoms with Gasteiger partial charge in [-0.3, -0.25) is 19.0 Å². The number of halogens is 1. The number of benzene rings is 2. The first-order valence-electron chi connectivity index (χ1n) is 11.1. The van der Waals surface area contributed by atoms with Crippen LogP contribution in [0.25, 0.3) is 11.1 Å². The number of nitrogens with zero attached hydrogens (tertiary/aromatic N) is 2. The molecule has 2 aromatic carbocycles. The van der Waals surface area contributed by atoms with Gasteiger partial charge in [-0.2, -0.15) is 0 Å². The minimum atomic E-state index is -1.19. The number of ether oxygens (including phenoxy) is 1. The molecule has 1 atom stereocenters. The highest BCUT2D eigenvalue weighted by atomic mass is 35.5. The number of aromatic nitrogens is 1. The van der Waals surface area contributed by atoms with Crippen LogP contribution in [0.2, 0.25) is 5.02 Å². The van der Waals surface area contributed by atoms with Gasteiger partial charge in [-0.1, -0.05) is 41.9 Å². The predicted octanol–water partition coefficient (Wildman–Crippen LogP) is 3.68. The minimum Gasteiger partial charge on any atom is -0.456 e. The molecule has 0 radical (unpaired) electrons. The van der Waals surface area contributed by atoms with Gasteiger partial charge in [-0.05, 0) is 37.5 Å². The van der Waals surface area contributed by atoms with Crippen LogP contribution in [-0.2, 0) is 31.2 Å². The number of esters is 1. The molecule has 1 saturated carbocycles. The van der Waals surface area contributed by atoms with E-state index in [0.29, 0.717) is 34.5 Å². The standard InChI is InChI=1S/C25H25ClN2O6/c1-27(25(14-7-6-12-21(25)29)17-8-2-3-9-18(17)26)22(30)16-33-23(31)13-15-28-19-10-4-5-11-20(19)34-24(28)32/h2-5,8-11H,6-7,12-16H2,1H3. The van der Waals surface area contributed by atoms with E-state index in [1.807, 2.05) is 0 Å². The molecular weight excluding hydrogens is 460 g/mol. The summed E-state index contributed by atoms with van der Waals surface area (Å²) in [6.45, 7) is -0.462. The number of ketones is 1. The summed E-state index contributed by atoms with van der Waals surface area (Å²) in [5.74, 6) is -1.79. The average Bonchev–Trinajstić information content (AvgIpc) is 3.16. The van der Waals surface area contributed by atoms with Crippen molar-refractivity contribution in [1.82, 2.24) is 9.47 Å². The maximum absolute atomic E-state index is 13.1. The molecule has 3 aromatic rings. The maximum atomic E-state index is 13.1. The molecule has 1 heterocycles. The molecule has 0 aliphatic heterocycles. The molecule has 8 nitrogen and oxygen atoms in total. The van der Waals surface area contributed by atoms with Crippen LogP contribution in [0.4, 0.5) is 0 Å². The molecule has 1 aliphatic rings. The number of para-hydroxylation sites is 2. The SMILES string of the molecule is CN(C(=O)COC(=O)CCn1c(=O)oc2ccccc21)C1(c2ccccc2Cl)CCCCC1=O. The number of carbonyl (C=O) groups excluding carboxylic acids is 3. The van der Waals surface area contributed by atoms with Crippen LogP contribution < -0.4 is 5.76 Å². The largest absolute Gasteiger partial charge is 0.456 e. The van der Waals surface area contributed by atoms with Crippen molar-refractivity contribution in [3.05, 3.63) is 69.7 Å². The fourth-order valence-corrected chi connectivity index (χ4v) is 4.87. The van der Waals surface area contributed by atoms with E-state index in [1.54, 1.807) is 55.6 Å². The second kappa shape index (κ2) is 9.85. The van der Waals surface area contributed by atoms with Crippen molar-refractivity contribution in [2.75, 3.05) is 13.7 Å². The Kier molecular flexibility index (Phi) is 6.88. The molecule has 0 spiro atoms. The third-order valence-electron chi connectivity index (χ3n) is 6.39. The second-order valence-electron chi connectivity index (χ2n) is 8.32. The molecule has 9 heteroatoms. The van der Waals surface area contributed by atoms with Crippen LogP contribution >= 0.6 is 11.6 Å². The smallest absolute Gasteiger partial charge is 0.419 e. The van der Waals surface area contributed by atoms with E-state index in [9.17, 15) is 19.2 Å². The number of hydrogen-bond acceptors (Lipinski definition) is 6. The van der Waals surface area contributed by atoms with Crippen LogP contribution in [0.5, 0.6) is 0 Å². The number of aryl methyl sites for hydroxylation is 1. The van der Waals surface area contributed by atoms with Crippen molar-refractivity contribution in [1.29, 1.82) is 0 Å². The Balaban J connectivity index is 1.43. The van der Waals surface area contributed by atoms with Gasteiger partial charge >= 0.3 is 11.7 Å². The molecule has 1 unspecified atom stereocenters. The lowest BCUT2D eigenvalue weighted by Gasteiger charge is -2.43. The summed E-state index contributed by atoms with van der Waals surface area (Å²) in [6.07, 6.45) is 2.19. The normalized spacial score (nSPS) is 18.1. The zero-order valence-electron chi connectivity index (χ0n) is 18.8. The van der Waals surface area contributed by atoms with Gasteiger partial charge in [-0.15, -0.1) is 0 Å². The Labute approximate surface area is 201 Å². The first-order chi connectivity index (χ1) is 16.3. The molecule has 1 aromatic heterocycles. The topological polar surface area (TPSA) is 98.8 Å². The van der Waals surface area contributed by atoms with E-state index < -0.39 is 29.8 Å². The molecule has 0 N–H and O–H groups in total. The average molecular weight is 485 g/mol. The first-order valence-corrected chi connectivity index (χ1v) is 11.5. The number of oxazole rings is 1. The third kappa shape index (κ3) is 4.37. The molecule has 0 bridgehead atoms. The Morgan fingerprint density at radius 1 is 1.12 bits per heavy atom. The highest BCUT2D eigenvalue weighted by molar-refractivity contribution is 6.31. The summed E-state index contributed by atoms with van der Waals surface area (Å²) in [4.78, 5) is 51.9. The number of rotatable bonds is 7. The van der Waals surface area contributed by atoms with Crippen molar-refractivity contribution in [2.45, 2.75) is 44.2 Å². The lowest BCUT2D eigenvalue weighted by atomic mass is 9.74. The zero-order valence-corrected chi connectivity index (χ0v) is 19.5. The molecule has 1 fully saturated rings. The maximum Gasteiger partial charge on any atom is 0.419 e. The summed E-state index contributed by atoms with van der Waals surface area (Å²) in [6, 6.07) is 13.9. The minimum absolute atomic E-state index is 0.0563. The molecular formula is C25H25ClN2O6. The summed E-state index contributed by atoms with van der Waals surface area (Å²) in [5, 5.41) is 0.409. The highest BCUT2D eigenvalue weighted by Gasteiger charge is 2.48. The van der Waals surface area contributed by atoms with Gasteiger partial charge in [0.2, 0.25) is 0 Å². The van der Waals surface area contributed by atoms with Crippen molar-refractivity contribution >= 4 is 40.4 Å². The van der Waals surface area contributed by atoms with Crippen LogP contribution in [-0.4, -0.2) is 40.8 Å². The quantitative estimate of drug-likeness (QED) is 0.474. The molecule has 0 saturated heterocycles. The van der Waals surface area contributed by atoms with Crippen LogP contribution in [0.15, 0.2) is 57.7 Å². The molecule has 1 aliphatic carbocycles. The van der Waals surface area contributed by atoms with E-state index >= 15 is 0 Å². The van der Waals surface area contributed by atoms with Gasteiger partial charge in [0, 0.05) is 30.6 Å². The summed E-state index contributed by atoms with van der Waals surface area (Å²) in [5.41, 5.74) is 0.395. The lowest BCUT2D eigenvalue weighted by Crippen LogP contribution is -2.55. The summed E-state index contributed by atoms with van der Waals surface area (Å²) >= 11 is 6.42. The number of Topliss-reactive ketones (excluding diaryl/α,β-unsaturated/α-hetero) is 1. The van der Waals surface area contributed by atoms with Gasteiger partial charge in [0.15, 0.2) is 18.0 Å². The van der Waals surface area contributed by atoms with Crippen LogP contribution in [0.1, 0.15) is 37.7 Å². The van der Waals surface area contributed by atoms with Gasteiger partial charge < -0.3 is 14.1 Å². The fraction of sp³-hybridized carbons (Fsp3) is 0.360. The number of fused-ring (bicyclic) bond motifs is 1. The molecule has 4 rings (SSSR count). The lowest BCUT2D eigenvalue weighted by molar-refractivity contribution is -0.157. The fourth-order valence-electron chi connectivity index (χ4n) is 4.58. The Bertz CT molecular complexity index is 1300. The van der Waals surface area contributed by atoms with Gasteiger partial charge in [0.25, 0.3) is 5.91 Å². The van der Waals surface area contributed by atoms with Gasteiger partial charge in [0.05, 0.1) is 11.9 Å². The van der Waals surface area contributed by atoms with Crippen LogP contribution in [0.3, 0.4) is 0 Å². The Morgan fingerprint density at radius 3 is 2.62 bits per heavy atom. The van der Waals surface area contributed by atoms with E-state index in [-0.39, 0.29) is 18.7 Å². The molecule has 178 valence electrons. The molecule has 34 heavy (non-hydrogen) atoms. The highest BCUT2D eigenvalue weighted by Crippen LogP contribution is 2.42. The van der Waals surface area contributed by atoms with E-state index in [2.05, 4.69) is 0 Å². The Hall–Kier alpha value is -3.39.